The van der Waals surface area contributed by atoms with E-state index >= 15 is 0 Å². The van der Waals surface area contributed by atoms with Gasteiger partial charge >= 0.3 is 0 Å². The van der Waals surface area contributed by atoms with Crippen LogP contribution < -0.4 is 0 Å². The minimum absolute atomic E-state index is 0.650. The zero-order valence-electron chi connectivity index (χ0n) is 14.2. The van der Waals surface area contributed by atoms with Crippen LogP contribution in [0.1, 0.15) is 0 Å². The number of benzene rings is 4. The number of rotatable bonds is 1. The van der Waals surface area contributed by atoms with E-state index in [4.69, 9.17) is 16.0 Å². The van der Waals surface area contributed by atoms with Crippen LogP contribution in [0, 0.1) is 0 Å². The van der Waals surface area contributed by atoms with Gasteiger partial charge in [-0.2, -0.15) is 0 Å². The minimum Gasteiger partial charge on any atom is -0.454 e. The Bertz CT molecular complexity index is 1490. The van der Waals surface area contributed by atoms with Gasteiger partial charge in [-0.05, 0) is 41.5 Å². The topological polar surface area (TPSA) is 13.1 Å². The van der Waals surface area contributed by atoms with E-state index in [2.05, 4.69) is 66.7 Å². The summed E-state index contributed by atoms with van der Waals surface area (Å²) in [6.07, 6.45) is 0. The summed E-state index contributed by atoms with van der Waals surface area (Å²) in [6.45, 7) is 0. The molecule has 128 valence electrons. The average molecular weight is 385 g/mol. The van der Waals surface area contributed by atoms with Crippen molar-refractivity contribution in [1.29, 1.82) is 0 Å². The Morgan fingerprint density at radius 3 is 2.30 bits per heavy atom. The lowest BCUT2D eigenvalue weighted by Crippen LogP contribution is -1.77. The summed E-state index contributed by atoms with van der Waals surface area (Å²) in [6, 6.07) is 27.5. The first-order chi connectivity index (χ1) is 13.3. The lowest BCUT2D eigenvalue weighted by molar-refractivity contribution is 0.669. The van der Waals surface area contributed by atoms with Gasteiger partial charge in [-0.3, -0.25) is 0 Å². The van der Waals surface area contributed by atoms with Gasteiger partial charge in [0, 0.05) is 30.9 Å². The summed E-state index contributed by atoms with van der Waals surface area (Å²) in [4.78, 5) is 0. The highest BCUT2D eigenvalue weighted by atomic mass is 35.5. The molecule has 0 radical (unpaired) electrons. The summed E-state index contributed by atoms with van der Waals surface area (Å²) in [5.74, 6) is 0. The second kappa shape index (κ2) is 5.59. The molecule has 0 amide bonds. The number of halogens is 1. The normalized spacial score (nSPS) is 11.9. The summed E-state index contributed by atoms with van der Waals surface area (Å²) >= 11 is 8.14. The monoisotopic (exact) mass is 384 g/mol. The van der Waals surface area contributed by atoms with Crippen LogP contribution in [-0.2, 0) is 0 Å². The molecule has 6 rings (SSSR count). The Kier molecular flexibility index (Phi) is 3.16. The molecule has 0 aliphatic carbocycles. The molecular weight excluding hydrogens is 372 g/mol. The van der Waals surface area contributed by atoms with E-state index in [0.717, 1.165) is 27.5 Å². The molecule has 0 saturated carbocycles. The average Bonchev–Trinajstić information content (AvgIpc) is 3.26. The molecule has 3 heteroatoms. The largest absolute Gasteiger partial charge is 0.454 e. The van der Waals surface area contributed by atoms with Crippen LogP contribution in [0.25, 0.3) is 53.2 Å². The molecule has 0 spiro atoms. The zero-order valence-corrected chi connectivity index (χ0v) is 15.8. The number of thiophene rings is 1. The first-order valence-corrected chi connectivity index (χ1v) is 10.00. The van der Waals surface area contributed by atoms with Crippen LogP contribution in [0.5, 0.6) is 0 Å². The van der Waals surface area contributed by atoms with Crippen molar-refractivity contribution in [2.24, 2.45) is 0 Å². The van der Waals surface area contributed by atoms with E-state index < -0.39 is 0 Å². The number of para-hydroxylation sites is 1. The Labute approximate surface area is 164 Å². The van der Waals surface area contributed by atoms with Gasteiger partial charge < -0.3 is 4.42 Å². The number of furan rings is 1. The molecule has 6 aromatic rings. The highest BCUT2D eigenvalue weighted by molar-refractivity contribution is 7.25. The second-order valence-electron chi connectivity index (χ2n) is 6.74. The van der Waals surface area contributed by atoms with E-state index in [1.807, 2.05) is 23.5 Å². The van der Waals surface area contributed by atoms with Crippen LogP contribution in [-0.4, -0.2) is 0 Å². The predicted molar refractivity (Wildman–Crippen MR) is 117 cm³/mol. The van der Waals surface area contributed by atoms with Gasteiger partial charge in [0.1, 0.15) is 5.58 Å². The third kappa shape index (κ3) is 2.24. The fourth-order valence-electron chi connectivity index (χ4n) is 3.85. The molecule has 0 atom stereocenters. The number of hydrogen-bond donors (Lipinski definition) is 0. The minimum atomic E-state index is 0.650. The highest BCUT2D eigenvalue weighted by Crippen LogP contribution is 2.38. The van der Waals surface area contributed by atoms with E-state index in [1.165, 1.54) is 25.7 Å². The SMILES string of the molecule is Clc1cccc2c1oc1cc(-c3ccc4c(c3)sc3ccccc34)ccc12. The Morgan fingerprint density at radius 1 is 0.630 bits per heavy atom. The number of fused-ring (bicyclic) bond motifs is 6. The van der Waals surface area contributed by atoms with Crippen LogP contribution in [0.15, 0.2) is 83.3 Å². The first-order valence-electron chi connectivity index (χ1n) is 8.80. The predicted octanol–water partition coefficient (Wildman–Crippen LogP) is 8.27. The van der Waals surface area contributed by atoms with Gasteiger partial charge in [0.05, 0.1) is 5.02 Å². The third-order valence-corrected chi connectivity index (χ3v) is 6.59. The van der Waals surface area contributed by atoms with Crippen LogP contribution in [0.4, 0.5) is 0 Å². The fraction of sp³-hybridized carbons (Fsp3) is 0. The van der Waals surface area contributed by atoms with Crippen LogP contribution in [0.3, 0.4) is 0 Å². The van der Waals surface area contributed by atoms with Crippen molar-refractivity contribution in [3.05, 3.63) is 83.9 Å². The van der Waals surface area contributed by atoms with Crippen molar-refractivity contribution in [2.45, 2.75) is 0 Å². The van der Waals surface area contributed by atoms with Gasteiger partial charge in [0.15, 0.2) is 5.58 Å². The lowest BCUT2D eigenvalue weighted by atomic mass is 10.0. The van der Waals surface area contributed by atoms with Gasteiger partial charge in [0.2, 0.25) is 0 Å². The third-order valence-electron chi connectivity index (χ3n) is 5.16. The molecule has 27 heavy (non-hydrogen) atoms. The maximum absolute atomic E-state index is 6.30. The molecule has 0 aliphatic rings. The van der Waals surface area contributed by atoms with Gasteiger partial charge in [-0.1, -0.05) is 60.1 Å². The Balaban J connectivity index is 1.57. The smallest absolute Gasteiger partial charge is 0.153 e. The van der Waals surface area contributed by atoms with Crippen molar-refractivity contribution in [2.75, 3.05) is 0 Å². The van der Waals surface area contributed by atoms with Gasteiger partial charge in [0.25, 0.3) is 0 Å². The second-order valence-corrected chi connectivity index (χ2v) is 8.23. The van der Waals surface area contributed by atoms with Crippen LogP contribution in [0.2, 0.25) is 5.02 Å². The number of hydrogen-bond acceptors (Lipinski definition) is 2. The van der Waals surface area contributed by atoms with Crippen LogP contribution >= 0.6 is 22.9 Å². The summed E-state index contributed by atoms with van der Waals surface area (Å²) in [5, 5.41) is 5.45. The molecule has 0 bridgehead atoms. The summed E-state index contributed by atoms with van der Waals surface area (Å²) in [5.41, 5.74) is 3.97. The zero-order chi connectivity index (χ0) is 18.0. The summed E-state index contributed by atoms with van der Waals surface area (Å²) in [7, 11) is 0. The molecule has 0 unspecified atom stereocenters. The van der Waals surface area contributed by atoms with Crippen molar-refractivity contribution in [3.63, 3.8) is 0 Å². The quantitative estimate of drug-likeness (QED) is 0.278. The van der Waals surface area contributed by atoms with E-state index in [1.54, 1.807) is 0 Å². The van der Waals surface area contributed by atoms with E-state index in [-0.39, 0.29) is 0 Å². The first kappa shape index (κ1) is 15.3. The summed E-state index contributed by atoms with van der Waals surface area (Å²) < 4.78 is 8.68. The van der Waals surface area contributed by atoms with E-state index in [0.29, 0.717) is 5.02 Å². The molecular formula is C24H13ClOS. The molecule has 0 N–H and O–H groups in total. The molecule has 0 fully saturated rings. The standard InChI is InChI=1S/C24H13ClOS/c25-20-6-3-5-19-16-10-8-14(12-21(16)26-24(19)20)15-9-11-18-17-4-1-2-7-22(17)27-23(18)13-15/h1-13H. The molecule has 0 saturated heterocycles. The molecule has 2 heterocycles. The fourth-order valence-corrected chi connectivity index (χ4v) is 5.21. The highest BCUT2D eigenvalue weighted by Gasteiger charge is 2.11. The maximum Gasteiger partial charge on any atom is 0.153 e. The Hall–Kier alpha value is -2.81. The van der Waals surface area contributed by atoms with E-state index in [9.17, 15) is 0 Å². The van der Waals surface area contributed by atoms with Gasteiger partial charge in [-0.15, -0.1) is 11.3 Å². The van der Waals surface area contributed by atoms with Crippen molar-refractivity contribution in [3.8, 4) is 11.1 Å². The van der Waals surface area contributed by atoms with Crippen molar-refractivity contribution >= 4 is 65.0 Å². The maximum atomic E-state index is 6.30. The van der Waals surface area contributed by atoms with Crippen molar-refractivity contribution < 1.29 is 4.42 Å². The van der Waals surface area contributed by atoms with Crippen molar-refractivity contribution in [1.82, 2.24) is 0 Å². The lowest BCUT2D eigenvalue weighted by Gasteiger charge is -2.02. The molecule has 2 aromatic heterocycles. The Morgan fingerprint density at radius 2 is 1.37 bits per heavy atom. The molecule has 4 aromatic carbocycles. The molecule has 1 nitrogen and oxygen atoms in total. The molecule has 0 aliphatic heterocycles. The van der Waals surface area contributed by atoms with Gasteiger partial charge in [-0.25, -0.2) is 0 Å².